The molecule has 7 nitrogen and oxygen atoms in total. The van der Waals surface area contributed by atoms with Gasteiger partial charge in [0.15, 0.2) is 6.34 Å². The monoisotopic (exact) mass is 368 g/mol. The Bertz CT molecular complexity index is 835. The molecule has 1 aromatic rings. The number of fused-ring (bicyclic) bond motifs is 1. The van der Waals surface area contributed by atoms with E-state index in [4.69, 9.17) is 14.9 Å². The van der Waals surface area contributed by atoms with Gasteiger partial charge in [-0.1, -0.05) is 11.2 Å². The molecule has 0 aliphatic carbocycles. The van der Waals surface area contributed by atoms with Gasteiger partial charge in [-0.3, -0.25) is 5.41 Å². The third-order valence-corrected chi connectivity index (χ3v) is 5.52. The van der Waals surface area contributed by atoms with E-state index in [1.165, 1.54) is 11.1 Å². The Labute approximate surface area is 159 Å². The number of benzene rings is 1. The summed E-state index contributed by atoms with van der Waals surface area (Å²) in [5, 5.41) is 12.6. The van der Waals surface area contributed by atoms with Gasteiger partial charge >= 0.3 is 0 Å². The average molecular weight is 368 g/mol. The number of nitrogens with one attached hydrogen (secondary N) is 1. The van der Waals surface area contributed by atoms with Gasteiger partial charge in [0.2, 0.25) is 0 Å². The SMILES string of the molecule is C/C(C(=N)N1CCC(Oc2ccc3c(c2)COC3)CC1)=C(\C)C1=NC=N[NH2+]1. The number of hydrogen-bond donors (Lipinski definition) is 2. The molecule has 0 radical (unpaired) electrons. The summed E-state index contributed by atoms with van der Waals surface area (Å²) < 4.78 is 11.7. The summed E-state index contributed by atoms with van der Waals surface area (Å²) in [6.07, 6.45) is 3.57. The average Bonchev–Trinajstić information content (AvgIpc) is 3.38. The van der Waals surface area contributed by atoms with Gasteiger partial charge in [-0.25, -0.2) is 0 Å². The van der Waals surface area contributed by atoms with Crippen molar-refractivity contribution >= 4 is 18.0 Å². The minimum Gasteiger partial charge on any atom is -0.490 e. The minimum atomic E-state index is 0.195. The Morgan fingerprint density at radius 2 is 2.00 bits per heavy atom. The maximum atomic E-state index is 8.56. The smallest absolute Gasteiger partial charge is 0.255 e. The first-order chi connectivity index (χ1) is 13.1. The number of likely N-dealkylation sites (tertiary alicyclic amines) is 1. The molecule has 0 aromatic heterocycles. The van der Waals surface area contributed by atoms with E-state index in [1.54, 1.807) is 11.8 Å². The van der Waals surface area contributed by atoms with Crippen LogP contribution in [0, 0.1) is 5.41 Å². The molecule has 142 valence electrons. The van der Waals surface area contributed by atoms with Crippen molar-refractivity contribution in [2.75, 3.05) is 13.1 Å². The summed E-state index contributed by atoms with van der Waals surface area (Å²) in [5.41, 5.74) is 6.20. The first kappa shape index (κ1) is 17.9. The van der Waals surface area contributed by atoms with Gasteiger partial charge in [0, 0.05) is 37.1 Å². The number of aliphatic imine (C=N–C) groups is 1. The normalized spacial score (nSPS) is 20.4. The molecule has 1 saturated heterocycles. The lowest BCUT2D eigenvalue weighted by Crippen LogP contribution is -2.81. The van der Waals surface area contributed by atoms with Crippen LogP contribution in [-0.2, 0) is 18.0 Å². The van der Waals surface area contributed by atoms with E-state index < -0.39 is 0 Å². The van der Waals surface area contributed by atoms with E-state index in [-0.39, 0.29) is 6.10 Å². The summed E-state index contributed by atoms with van der Waals surface area (Å²) in [5.74, 6) is 2.34. The predicted octanol–water partition coefficient (Wildman–Crippen LogP) is 1.79. The Morgan fingerprint density at radius 1 is 1.22 bits per heavy atom. The van der Waals surface area contributed by atoms with Gasteiger partial charge in [-0.2, -0.15) is 10.4 Å². The van der Waals surface area contributed by atoms with E-state index in [0.29, 0.717) is 19.0 Å². The van der Waals surface area contributed by atoms with E-state index >= 15 is 0 Å². The van der Waals surface area contributed by atoms with Crippen molar-refractivity contribution in [2.45, 2.75) is 46.0 Å². The number of ether oxygens (including phenoxy) is 2. The first-order valence-corrected chi connectivity index (χ1v) is 9.42. The Morgan fingerprint density at radius 3 is 2.74 bits per heavy atom. The number of nitrogens with zero attached hydrogens (tertiary/aromatic N) is 3. The van der Waals surface area contributed by atoms with Gasteiger partial charge in [0.05, 0.1) is 13.2 Å². The molecule has 0 unspecified atom stereocenters. The molecule has 1 fully saturated rings. The fraction of sp³-hybridized carbons (Fsp3) is 0.450. The number of nitrogens with two attached hydrogens (primary N) is 1. The summed E-state index contributed by atoms with van der Waals surface area (Å²) in [4.78, 5) is 6.37. The van der Waals surface area contributed by atoms with Crippen molar-refractivity contribution in [1.82, 2.24) is 4.90 Å². The van der Waals surface area contributed by atoms with Crippen LogP contribution in [0.1, 0.15) is 37.8 Å². The van der Waals surface area contributed by atoms with Crippen LogP contribution in [0.3, 0.4) is 0 Å². The fourth-order valence-corrected chi connectivity index (χ4v) is 3.64. The molecule has 1 aromatic carbocycles. The Hall–Kier alpha value is -2.51. The largest absolute Gasteiger partial charge is 0.490 e. The van der Waals surface area contributed by atoms with Crippen LogP contribution < -0.4 is 10.2 Å². The summed E-state index contributed by atoms with van der Waals surface area (Å²) in [6, 6.07) is 6.25. The highest BCUT2D eigenvalue weighted by Crippen LogP contribution is 2.27. The van der Waals surface area contributed by atoms with Crippen LogP contribution in [0.25, 0.3) is 0 Å². The number of piperidine rings is 1. The zero-order chi connectivity index (χ0) is 18.8. The zero-order valence-corrected chi connectivity index (χ0v) is 15.9. The van der Waals surface area contributed by atoms with Crippen LogP contribution in [0.5, 0.6) is 5.75 Å². The van der Waals surface area contributed by atoms with Crippen LogP contribution >= 0.6 is 0 Å². The standard InChI is InChI=1S/C20H25N5O2/c1-13(14(2)20-22-12-23-24-20)19(21)25-7-5-17(6-8-25)27-18-4-3-15-10-26-11-16(15)9-18/h3-4,9,12,17,21H,5-8,10-11H2,1-2H3,(H,22,23,24)/p+1/b14-13-,21-19?. The first-order valence-electron chi connectivity index (χ1n) is 9.42. The van der Waals surface area contributed by atoms with Crippen LogP contribution in [-0.4, -0.2) is 42.1 Å². The second kappa shape index (κ2) is 7.62. The van der Waals surface area contributed by atoms with E-state index in [1.807, 2.05) is 19.9 Å². The van der Waals surface area contributed by atoms with Crippen molar-refractivity contribution in [1.29, 1.82) is 5.41 Å². The summed E-state index contributed by atoms with van der Waals surface area (Å²) >= 11 is 0. The van der Waals surface area contributed by atoms with Crippen molar-refractivity contribution in [3.8, 4) is 5.75 Å². The molecule has 0 bridgehead atoms. The molecule has 27 heavy (non-hydrogen) atoms. The van der Waals surface area contributed by atoms with Crippen LogP contribution in [0.4, 0.5) is 0 Å². The molecule has 0 saturated carbocycles. The second-order valence-corrected chi connectivity index (χ2v) is 7.23. The van der Waals surface area contributed by atoms with Crippen molar-refractivity contribution in [2.24, 2.45) is 10.1 Å². The lowest BCUT2D eigenvalue weighted by molar-refractivity contribution is -0.540. The van der Waals surface area contributed by atoms with E-state index in [0.717, 1.165) is 48.7 Å². The predicted molar refractivity (Wildman–Crippen MR) is 104 cm³/mol. The third-order valence-electron chi connectivity index (χ3n) is 5.52. The Balaban J connectivity index is 1.33. The van der Waals surface area contributed by atoms with Gasteiger partial charge in [-0.05, 0) is 37.1 Å². The molecular weight excluding hydrogens is 342 g/mol. The van der Waals surface area contributed by atoms with Gasteiger partial charge in [0.25, 0.3) is 5.84 Å². The van der Waals surface area contributed by atoms with Crippen LogP contribution in [0.2, 0.25) is 0 Å². The maximum absolute atomic E-state index is 8.56. The van der Waals surface area contributed by atoms with Crippen LogP contribution in [0.15, 0.2) is 39.4 Å². The molecule has 3 aliphatic rings. The third kappa shape index (κ3) is 3.79. The highest BCUT2D eigenvalue weighted by atomic mass is 16.5. The fourth-order valence-electron chi connectivity index (χ4n) is 3.64. The molecular formula is C20H26N5O2+. The molecule has 0 amide bonds. The lowest BCUT2D eigenvalue weighted by Gasteiger charge is -2.34. The summed E-state index contributed by atoms with van der Waals surface area (Å²) in [7, 11) is 0. The minimum absolute atomic E-state index is 0.195. The van der Waals surface area contributed by atoms with Gasteiger partial charge in [-0.15, -0.1) is 0 Å². The molecule has 0 atom stereocenters. The lowest BCUT2D eigenvalue weighted by atomic mass is 10.0. The molecule has 3 heterocycles. The number of rotatable bonds is 4. The highest BCUT2D eigenvalue weighted by Gasteiger charge is 2.25. The number of quaternary nitrogens is 1. The summed E-state index contributed by atoms with van der Waals surface area (Å²) in [6.45, 7) is 7.03. The molecule has 3 aliphatic heterocycles. The molecule has 7 heteroatoms. The van der Waals surface area contributed by atoms with Gasteiger partial charge < -0.3 is 14.4 Å². The highest BCUT2D eigenvalue weighted by molar-refractivity contribution is 6.06. The number of amidine groups is 2. The van der Waals surface area contributed by atoms with Crippen molar-refractivity contribution < 1.29 is 14.9 Å². The van der Waals surface area contributed by atoms with E-state index in [2.05, 4.69) is 27.1 Å². The zero-order valence-electron chi connectivity index (χ0n) is 15.9. The number of hydrogen-bond acceptors (Lipinski definition) is 5. The van der Waals surface area contributed by atoms with Gasteiger partial charge in [0.1, 0.15) is 17.7 Å². The molecule has 4 rings (SSSR count). The quantitative estimate of drug-likeness (QED) is 0.483. The topological polar surface area (TPSA) is 86.9 Å². The molecule has 0 spiro atoms. The second-order valence-electron chi connectivity index (χ2n) is 7.23. The molecule has 3 N–H and O–H groups in total. The van der Waals surface area contributed by atoms with Crippen molar-refractivity contribution in [3.63, 3.8) is 0 Å². The van der Waals surface area contributed by atoms with E-state index in [9.17, 15) is 0 Å². The Kier molecular flexibility index (Phi) is 5.05. The van der Waals surface area contributed by atoms with Crippen molar-refractivity contribution in [3.05, 3.63) is 40.5 Å². The maximum Gasteiger partial charge on any atom is 0.255 e.